The van der Waals surface area contributed by atoms with E-state index in [1.54, 1.807) is 0 Å². The maximum atomic E-state index is 11.3. The summed E-state index contributed by atoms with van der Waals surface area (Å²) in [5.74, 6) is -0.521. The minimum absolute atomic E-state index is 0.000185. The van der Waals surface area contributed by atoms with Crippen LogP contribution >= 0.6 is 0 Å². The molecule has 1 aromatic rings. The van der Waals surface area contributed by atoms with Crippen molar-refractivity contribution < 1.29 is 14.5 Å². The molecule has 0 aliphatic carbocycles. The fraction of sp³-hybridized carbons (Fsp3) is 0.250. The zero-order chi connectivity index (χ0) is 13.5. The number of rotatable bonds is 5. The molecule has 1 aromatic carbocycles. The number of nitro benzene ring substituents is 1. The molecular weight excluding hydrogens is 236 g/mol. The Morgan fingerprint density at radius 3 is 2.56 bits per heavy atom. The second kappa shape index (κ2) is 6.39. The number of hydrogen-bond acceptors (Lipinski definition) is 5. The predicted molar refractivity (Wildman–Crippen MR) is 65.5 cm³/mol. The summed E-state index contributed by atoms with van der Waals surface area (Å²) in [6, 6.07) is 5.80. The Hall–Kier alpha value is -2.37. The summed E-state index contributed by atoms with van der Waals surface area (Å²) >= 11 is 0. The Kier molecular flexibility index (Phi) is 4.86. The molecule has 96 valence electrons. The molecule has 0 bridgehead atoms. The third-order valence-corrected chi connectivity index (χ3v) is 2.24. The van der Waals surface area contributed by atoms with Gasteiger partial charge < -0.3 is 10.5 Å². The van der Waals surface area contributed by atoms with Gasteiger partial charge in [-0.1, -0.05) is 6.92 Å². The van der Waals surface area contributed by atoms with Crippen LogP contribution in [0.15, 0.2) is 36.0 Å². The molecule has 18 heavy (non-hydrogen) atoms. The fourth-order valence-electron chi connectivity index (χ4n) is 1.16. The van der Waals surface area contributed by atoms with E-state index < -0.39 is 10.9 Å². The molecule has 0 radical (unpaired) electrons. The van der Waals surface area contributed by atoms with Gasteiger partial charge in [-0.2, -0.15) is 0 Å². The topological polar surface area (TPSA) is 95.5 Å². The van der Waals surface area contributed by atoms with E-state index in [9.17, 15) is 14.9 Å². The van der Waals surface area contributed by atoms with Crippen molar-refractivity contribution in [1.29, 1.82) is 0 Å². The molecule has 0 aliphatic heterocycles. The SMILES string of the molecule is CCC(N)=CC(=O)OCc1ccc([N+](=O)[O-])cc1. The lowest BCUT2D eigenvalue weighted by molar-refractivity contribution is -0.384. The van der Waals surface area contributed by atoms with E-state index >= 15 is 0 Å². The van der Waals surface area contributed by atoms with Gasteiger partial charge in [0, 0.05) is 23.9 Å². The average molecular weight is 250 g/mol. The van der Waals surface area contributed by atoms with Gasteiger partial charge in [-0.25, -0.2) is 4.79 Å². The van der Waals surface area contributed by atoms with Gasteiger partial charge in [0.05, 0.1) is 4.92 Å². The van der Waals surface area contributed by atoms with E-state index in [4.69, 9.17) is 10.5 Å². The lowest BCUT2D eigenvalue weighted by atomic mass is 10.2. The number of esters is 1. The Morgan fingerprint density at radius 1 is 1.44 bits per heavy atom. The number of allylic oxidation sites excluding steroid dienone is 1. The van der Waals surface area contributed by atoms with Crippen LogP contribution in [0.25, 0.3) is 0 Å². The van der Waals surface area contributed by atoms with Crippen LogP contribution in [0.4, 0.5) is 5.69 Å². The van der Waals surface area contributed by atoms with Crippen molar-refractivity contribution in [2.75, 3.05) is 0 Å². The summed E-state index contributed by atoms with van der Waals surface area (Å²) < 4.78 is 4.94. The molecule has 0 unspecified atom stereocenters. The standard InChI is InChI=1S/C12H14N2O4/c1-2-10(13)7-12(15)18-8-9-3-5-11(6-4-9)14(16)17/h3-7H,2,8,13H2,1H3. The van der Waals surface area contributed by atoms with Gasteiger partial charge >= 0.3 is 5.97 Å². The first-order chi connectivity index (χ1) is 8.52. The van der Waals surface area contributed by atoms with Gasteiger partial charge in [-0.05, 0) is 24.1 Å². The summed E-state index contributed by atoms with van der Waals surface area (Å²) in [4.78, 5) is 21.2. The molecule has 0 aliphatic rings. The van der Waals surface area contributed by atoms with Crippen LogP contribution in [-0.2, 0) is 16.1 Å². The van der Waals surface area contributed by atoms with Crippen molar-refractivity contribution in [3.8, 4) is 0 Å². The van der Waals surface area contributed by atoms with E-state index in [-0.39, 0.29) is 12.3 Å². The quantitative estimate of drug-likeness (QED) is 0.372. The molecule has 0 heterocycles. The summed E-state index contributed by atoms with van der Waals surface area (Å²) in [5.41, 5.74) is 6.61. The van der Waals surface area contributed by atoms with Gasteiger partial charge in [0.2, 0.25) is 0 Å². The highest BCUT2D eigenvalue weighted by Crippen LogP contribution is 2.12. The van der Waals surface area contributed by atoms with Crippen molar-refractivity contribution in [3.05, 3.63) is 51.7 Å². The second-order valence-electron chi connectivity index (χ2n) is 3.60. The summed E-state index contributed by atoms with van der Waals surface area (Å²) in [6.07, 6.45) is 1.80. The number of non-ortho nitro benzene ring substituents is 1. The summed E-state index contributed by atoms with van der Waals surface area (Å²) in [5, 5.41) is 10.4. The number of nitrogens with two attached hydrogens (primary N) is 1. The van der Waals surface area contributed by atoms with Crippen LogP contribution < -0.4 is 5.73 Å². The van der Waals surface area contributed by atoms with Crippen LogP contribution in [-0.4, -0.2) is 10.9 Å². The zero-order valence-electron chi connectivity index (χ0n) is 9.96. The van der Waals surface area contributed by atoms with Crippen molar-refractivity contribution in [1.82, 2.24) is 0 Å². The Bertz CT molecular complexity index is 465. The summed E-state index contributed by atoms with van der Waals surface area (Å²) in [7, 11) is 0. The highest BCUT2D eigenvalue weighted by molar-refractivity contribution is 5.82. The molecule has 0 spiro atoms. The maximum Gasteiger partial charge on any atom is 0.332 e. The Morgan fingerprint density at radius 2 is 2.06 bits per heavy atom. The van der Waals surface area contributed by atoms with Crippen LogP contribution in [0, 0.1) is 10.1 Å². The normalized spacial score (nSPS) is 11.1. The predicted octanol–water partition coefficient (Wildman–Crippen LogP) is 1.89. The highest BCUT2D eigenvalue weighted by Gasteiger charge is 2.05. The van der Waals surface area contributed by atoms with E-state index in [1.165, 1.54) is 30.3 Å². The maximum absolute atomic E-state index is 11.3. The van der Waals surface area contributed by atoms with Crippen LogP contribution in [0.2, 0.25) is 0 Å². The lowest BCUT2D eigenvalue weighted by Gasteiger charge is -2.02. The van der Waals surface area contributed by atoms with Gasteiger partial charge in [-0.3, -0.25) is 10.1 Å². The minimum Gasteiger partial charge on any atom is -0.458 e. The highest BCUT2D eigenvalue weighted by atomic mass is 16.6. The molecule has 2 N–H and O–H groups in total. The Labute approximate surface area is 104 Å². The Balaban J connectivity index is 2.54. The smallest absolute Gasteiger partial charge is 0.332 e. The fourth-order valence-corrected chi connectivity index (χ4v) is 1.16. The van der Waals surface area contributed by atoms with Crippen molar-refractivity contribution in [2.45, 2.75) is 20.0 Å². The van der Waals surface area contributed by atoms with Crippen LogP contribution in [0.3, 0.4) is 0 Å². The number of nitro groups is 1. The van der Waals surface area contributed by atoms with Crippen molar-refractivity contribution >= 4 is 11.7 Å². The van der Waals surface area contributed by atoms with Gasteiger partial charge in [0.1, 0.15) is 6.61 Å². The van der Waals surface area contributed by atoms with Crippen LogP contribution in [0.1, 0.15) is 18.9 Å². The van der Waals surface area contributed by atoms with Crippen molar-refractivity contribution in [2.24, 2.45) is 5.73 Å². The molecule has 6 heteroatoms. The average Bonchev–Trinajstić information content (AvgIpc) is 2.36. The zero-order valence-corrected chi connectivity index (χ0v) is 9.96. The van der Waals surface area contributed by atoms with Gasteiger partial charge in [0.25, 0.3) is 5.69 Å². The molecule has 0 atom stereocenters. The largest absolute Gasteiger partial charge is 0.458 e. The number of carbonyl (C=O) groups excluding carboxylic acids is 1. The third kappa shape index (κ3) is 4.25. The number of benzene rings is 1. The molecule has 0 fully saturated rings. The van der Waals surface area contributed by atoms with E-state index in [0.29, 0.717) is 17.7 Å². The van der Waals surface area contributed by atoms with Crippen molar-refractivity contribution in [3.63, 3.8) is 0 Å². The van der Waals surface area contributed by atoms with Gasteiger partial charge in [0.15, 0.2) is 0 Å². The first-order valence-corrected chi connectivity index (χ1v) is 5.39. The molecule has 1 rings (SSSR count). The number of carbonyl (C=O) groups is 1. The van der Waals surface area contributed by atoms with E-state index in [2.05, 4.69) is 0 Å². The first-order valence-electron chi connectivity index (χ1n) is 5.39. The van der Waals surface area contributed by atoms with E-state index in [1.807, 2.05) is 6.92 Å². The van der Waals surface area contributed by atoms with Gasteiger partial charge in [-0.15, -0.1) is 0 Å². The third-order valence-electron chi connectivity index (χ3n) is 2.24. The minimum atomic E-state index is -0.521. The monoisotopic (exact) mass is 250 g/mol. The van der Waals surface area contributed by atoms with Crippen LogP contribution in [0.5, 0.6) is 0 Å². The van der Waals surface area contributed by atoms with E-state index in [0.717, 1.165) is 0 Å². The first kappa shape index (κ1) is 13.7. The molecule has 0 saturated carbocycles. The number of nitrogens with zero attached hydrogens (tertiary/aromatic N) is 1. The molecule has 0 aromatic heterocycles. The molecule has 0 amide bonds. The molecule has 6 nitrogen and oxygen atoms in total. The number of hydrogen-bond donors (Lipinski definition) is 1. The number of ether oxygens (including phenoxy) is 1. The molecule has 0 saturated heterocycles. The molecular formula is C12H14N2O4. The lowest BCUT2D eigenvalue weighted by Crippen LogP contribution is -2.05. The summed E-state index contributed by atoms with van der Waals surface area (Å²) in [6.45, 7) is 1.89. The second-order valence-corrected chi connectivity index (χ2v) is 3.60.